The van der Waals surface area contributed by atoms with Crippen LogP contribution in [0.15, 0.2) is 24.5 Å². The summed E-state index contributed by atoms with van der Waals surface area (Å²) in [5.41, 5.74) is 8.13. The first-order valence-electron chi connectivity index (χ1n) is 6.46. The van der Waals surface area contributed by atoms with Crippen molar-refractivity contribution in [2.24, 2.45) is 5.92 Å². The average molecular weight is 270 g/mol. The lowest BCUT2D eigenvalue weighted by Crippen LogP contribution is -2.06. The molecule has 1 aromatic heterocycles. The van der Waals surface area contributed by atoms with Crippen molar-refractivity contribution in [2.75, 3.05) is 12.8 Å². The average Bonchev–Trinajstić information content (AvgIpc) is 2.79. The lowest BCUT2D eigenvalue weighted by molar-refractivity contribution is 0.413. The van der Waals surface area contributed by atoms with Gasteiger partial charge in [-0.15, -0.1) is 0 Å². The quantitative estimate of drug-likeness (QED) is 0.926. The standard InChI is InChI=1S/C15H18N4O/c1-10(2)8-19-9-18-14(15(19)17)11-4-5-13(20-3)12(6-11)7-16/h4-6,9-10H,8,17H2,1-3H3. The van der Waals surface area contributed by atoms with E-state index in [9.17, 15) is 0 Å². The molecule has 104 valence electrons. The Balaban J connectivity index is 2.42. The Morgan fingerprint density at radius 2 is 2.20 bits per heavy atom. The van der Waals surface area contributed by atoms with Crippen molar-refractivity contribution in [1.82, 2.24) is 9.55 Å². The molecule has 0 aliphatic heterocycles. The van der Waals surface area contributed by atoms with E-state index in [-0.39, 0.29) is 0 Å². The van der Waals surface area contributed by atoms with Crippen LogP contribution in [0.1, 0.15) is 19.4 Å². The number of benzene rings is 1. The molecule has 0 saturated carbocycles. The Labute approximate surface area is 118 Å². The fourth-order valence-electron chi connectivity index (χ4n) is 2.10. The molecule has 2 N–H and O–H groups in total. The number of ether oxygens (including phenoxy) is 1. The highest BCUT2D eigenvalue weighted by Gasteiger charge is 2.13. The lowest BCUT2D eigenvalue weighted by atomic mass is 10.1. The second-order valence-electron chi connectivity index (χ2n) is 5.05. The van der Waals surface area contributed by atoms with Crippen molar-refractivity contribution in [3.8, 4) is 23.1 Å². The summed E-state index contributed by atoms with van der Waals surface area (Å²) in [6, 6.07) is 7.48. The first-order chi connectivity index (χ1) is 9.56. The molecule has 1 heterocycles. The summed E-state index contributed by atoms with van der Waals surface area (Å²) in [6.07, 6.45) is 1.74. The molecule has 2 rings (SSSR count). The van der Waals surface area contributed by atoms with Crippen molar-refractivity contribution in [3.05, 3.63) is 30.1 Å². The maximum Gasteiger partial charge on any atom is 0.136 e. The molecule has 0 unspecified atom stereocenters. The molecule has 0 aliphatic rings. The van der Waals surface area contributed by atoms with Crippen molar-refractivity contribution < 1.29 is 4.74 Å². The molecule has 0 saturated heterocycles. The van der Waals surface area contributed by atoms with Gasteiger partial charge in [0.15, 0.2) is 0 Å². The van der Waals surface area contributed by atoms with Gasteiger partial charge >= 0.3 is 0 Å². The van der Waals surface area contributed by atoms with E-state index in [2.05, 4.69) is 24.9 Å². The highest BCUT2D eigenvalue weighted by Crippen LogP contribution is 2.29. The van der Waals surface area contributed by atoms with Crippen molar-refractivity contribution in [3.63, 3.8) is 0 Å². The topological polar surface area (TPSA) is 76.9 Å². The lowest BCUT2D eigenvalue weighted by Gasteiger charge is -2.09. The minimum atomic E-state index is 0.475. The van der Waals surface area contributed by atoms with Crippen LogP contribution in [0.5, 0.6) is 5.75 Å². The number of rotatable bonds is 4. The van der Waals surface area contributed by atoms with E-state index in [1.165, 1.54) is 0 Å². The summed E-state index contributed by atoms with van der Waals surface area (Å²) in [5, 5.41) is 9.13. The van der Waals surface area contributed by atoms with Crippen LogP contribution in [-0.2, 0) is 6.54 Å². The highest BCUT2D eigenvalue weighted by atomic mass is 16.5. The van der Waals surface area contributed by atoms with Crippen LogP contribution < -0.4 is 10.5 Å². The monoisotopic (exact) mass is 270 g/mol. The minimum Gasteiger partial charge on any atom is -0.495 e. The second kappa shape index (κ2) is 5.66. The molecule has 0 radical (unpaired) electrons. The number of imidazole rings is 1. The summed E-state index contributed by atoms with van der Waals surface area (Å²) >= 11 is 0. The molecule has 5 heteroatoms. The van der Waals surface area contributed by atoms with E-state index in [1.54, 1.807) is 25.6 Å². The van der Waals surface area contributed by atoms with Crippen LogP contribution in [0.4, 0.5) is 5.82 Å². The second-order valence-corrected chi connectivity index (χ2v) is 5.05. The molecule has 0 spiro atoms. The third kappa shape index (κ3) is 2.59. The van der Waals surface area contributed by atoms with Crippen LogP contribution in [0, 0.1) is 17.2 Å². The fourth-order valence-corrected chi connectivity index (χ4v) is 2.10. The van der Waals surface area contributed by atoms with Crippen LogP contribution in [-0.4, -0.2) is 16.7 Å². The number of nitriles is 1. The summed E-state index contributed by atoms with van der Waals surface area (Å²) in [6.45, 7) is 5.07. The number of hydrogen-bond acceptors (Lipinski definition) is 4. The summed E-state index contributed by atoms with van der Waals surface area (Å²) in [7, 11) is 1.54. The predicted octanol–water partition coefficient (Wildman–Crippen LogP) is 2.67. The normalized spacial score (nSPS) is 10.6. The molecule has 0 fully saturated rings. The Morgan fingerprint density at radius 3 is 2.80 bits per heavy atom. The van der Waals surface area contributed by atoms with Crippen molar-refractivity contribution >= 4 is 5.82 Å². The maximum atomic E-state index is 9.13. The first kappa shape index (κ1) is 13.9. The van der Waals surface area contributed by atoms with Crippen molar-refractivity contribution in [2.45, 2.75) is 20.4 Å². The third-order valence-corrected chi connectivity index (χ3v) is 3.03. The van der Waals surface area contributed by atoms with Gasteiger partial charge < -0.3 is 15.0 Å². The molecule has 1 aromatic carbocycles. The minimum absolute atomic E-state index is 0.475. The Bertz CT molecular complexity index is 652. The molecule has 0 aliphatic carbocycles. The largest absolute Gasteiger partial charge is 0.495 e. The Kier molecular flexibility index (Phi) is 3.94. The molecule has 5 nitrogen and oxygen atoms in total. The number of nitrogens with two attached hydrogens (primary N) is 1. The number of methoxy groups -OCH3 is 1. The number of nitrogens with zero attached hydrogens (tertiary/aromatic N) is 3. The van der Waals surface area contributed by atoms with Crippen LogP contribution in [0.2, 0.25) is 0 Å². The predicted molar refractivity (Wildman–Crippen MR) is 78.2 cm³/mol. The molecule has 0 bridgehead atoms. The van der Waals surface area contributed by atoms with E-state index in [0.29, 0.717) is 28.7 Å². The van der Waals surface area contributed by atoms with Gasteiger partial charge in [-0.2, -0.15) is 5.26 Å². The molecule has 20 heavy (non-hydrogen) atoms. The Morgan fingerprint density at radius 1 is 1.45 bits per heavy atom. The van der Waals surface area contributed by atoms with Gasteiger partial charge in [0.25, 0.3) is 0 Å². The van der Waals surface area contributed by atoms with E-state index in [0.717, 1.165) is 12.1 Å². The van der Waals surface area contributed by atoms with Crippen molar-refractivity contribution in [1.29, 1.82) is 5.26 Å². The SMILES string of the molecule is COc1ccc(-c2ncn(CC(C)C)c2N)cc1C#N. The van der Waals surface area contributed by atoms with Gasteiger partial charge in [-0.05, 0) is 24.1 Å². The van der Waals surface area contributed by atoms with Gasteiger partial charge in [-0.25, -0.2) is 4.98 Å². The van der Waals surface area contributed by atoms with Gasteiger partial charge in [0.05, 0.1) is 19.0 Å². The zero-order valence-electron chi connectivity index (χ0n) is 11.9. The van der Waals surface area contributed by atoms with E-state index >= 15 is 0 Å². The molecule has 2 aromatic rings. The Hall–Kier alpha value is -2.48. The van der Waals surface area contributed by atoms with Gasteiger partial charge in [0.2, 0.25) is 0 Å². The summed E-state index contributed by atoms with van der Waals surface area (Å²) < 4.78 is 7.06. The fraction of sp³-hybridized carbons (Fsp3) is 0.333. The molecule has 0 atom stereocenters. The number of hydrogen-bond donors (Lipinski definition) is 1. The molecular formula is C15H18N4O. The smallest absolute Gasteiger partial charge is 0.136 e. The van der Waals surface area contributed by atoms with Gasteiger partial charge in [-0.1, -0.05) is 13.8 Å². The van der Waals surface area contributed by atoms with Crippen LogP contribution in [0.3, 0.4) is 0 Å². The molecule has 0 amide bonds. The highest BCUT2D eigenvalue weighted by molar-refractivity contribution is 5.72. The van der Waals surface area contributed by atoms with E-state index in [1.807, 2.05) is 10.6 Å². The van der Waals surface area contributed by atoms with E-state index in [4.69, 9.17) is 15.7 Å². The van der Waals surface area contributed by atoms with E-state index < -0.39 is 0 Å². The van der Waals surface area contributed by atoms with Gasteiger partial charge in [-0.3, -0.25) is 0 Å². The third-order valence-electron chi connectivity index (χ3n) is 3.03. The van der Waals surface area contributed by atoms with Gasteiger partial charge in [0, 0.05) is 12.1 Å². The summed E-state index contributed by atoms with van der Waals surface area (Å²) in [4.78, 5) is 4.36. The number of nitrogen functional groups attached to an aromatic ring is 1. The van der Waals surface area contributed by atoms with Gasteiger partial charge in [0.1, 0.15) is 23.3 Å². The number of anilines is 1. The van der Waals surface area contributed by atoms with Crippen LogP contribution >= 0.6 is 0 Å². The zero-order valence-corrected chi connectivity index (χ0v) is 11.9. The van der Waals surface area contributed by atoms with Crippen LogP contribution in [0.25, 0.3) is 11.3 Å². The summed E-state index contributed by atoms with van der Waals surface area (Å²) in [5.74, 6) is 1.66. The maximum absolute atomic E-state index is 9.13. The zero-order chi connectivity index (χ0) is 14.7. The number of aromatic nitrogens is 2. The first-order valence-corrected chi connectivity index (χ1v) is 6.46. The molecular weight excluding hydrogens is 252 g/mol.